The van der Waals surface area contributed by atoms with E-state index in [0.29, 0.717) is 0 Å². The highest BCUT2D eigenvalue weighted by Crippen LogP contribution is 2.35. The van der Waals surface area contributed by atoms with Crippen LogP contribution in [0.25, 0.3) is 0 Å². The Morgan fingerprint density at radius 1 is 1.14 bits per heavy atom. The van der Waals surface area contributed by atoms with Gasteiger partial charge < -0.3 is 19.7 Å². The summed E-state index contributed by atoms with van der Waals surface area (Å²) in [7, 11) is 3.33. The van der Waals surface area contributed by atoms with Crippen LogP contribution in [-0.2, 0) is 6.54 Å². The lowest BCUT2D eigenvalue weighted by Crippen LogP contribution is -2.27. The van der Waals surface area contributed by atoms with Gasteiger partial charge in [0.05, 0.1) is 14.2 Å². The number of methoxy groups -OCH3 is 2. The van der Waals surface area contributed by atoms with Gasteiger partial charge in [-0.25, -0.2) is 0 Å². The van der Waals surface area contributed by atoms with Crippen molar-refractivity contribution >= 4 is 15.9 Å². The third-order valence-corrected chi connectivity index (χ3v) is 4.36. The van der Waals surface area contributed by atoms with E-state index in [1.54, 1.807) is 14.2 Å². The van der Waals surface area contributed by atoms with Crippen LogP contribution in [0.3, 0.4) is 0 Å². The van der Waals surface area contributed by atoms with Gasteiger partial charge in [0.2, 0.25) is 0 Å². The summed E-state index contributed by atoms with van der Waals surface area (Å²) >= 11 is 3.58. The van der Waals surface area contributed by atoms with Crippen molar-refractivity contribution in [2.24, 2.45) is 0 Å². The summed E-state index contributed by atoms with van der Waals surface area (Å²) < 4.78 is 11.9. The quantitative estimate of drug-likeness (QED) is 0.650. The van der Waals surface area contributed by atoms with Crippen LogP contribution in [0.2, 0.25) is 0 Å². The molecule has 0 aliphatic rings. The van der Waals surface area contributed by atoms with Crippen molar-refractivity contribution in [2.45, 2.75) is 26.8 Å². The van der Waals surface area contributed by atoms with Crippen LogP contribution in [0, 0.1) is 0 Å². The number of rotatable bonds is 10. The zero-order chi connectivity index (χ0) is 15.7. The van der Waals surface area contributed by atoms with E-state index in [1.165, 1.54) is 0 Å². The van der Waals surface area contributed by atoms with Crippen molar-refractivity contribution in [1.29, 1.82) is 0 Å². The van der Waals surface area contributed by atoms with Gasteiger partial charge >= 0.3 is 0 Å². The molecule has 1 N–H and O–H groups in total. The van der Waals surface area contributed by atoms with Gasteiger partial charge in [-0.2, -0.15) is 0 Å². The molecule has 0 saturated carbocycles. The van der Waals surface area contributed by atoms with E-state index >= 15 is 0 Å². The van der Waals surface area contributed by atoms with Crippen LogP contribution in [0.5, 0.6) is 11.5 Å². The Labute approximate surface area is 136 Å². The average molecular weight is 359 g/mol. The Kier molecular flexibility index (Phi) is 8.73. The molecular weight excluding hydrogens is 332 g/mol. The predicted molar refractivity (Wildman–Crippen MR) is 91.4 cm³/mol. The van der Waals surface area contributed by atoms with E-state index in [-0.39, 0.29) is 0 Å². The maximum Gasteiger partial charge on any atom is 0.166 e. The molecular formula is C16H27BrN2O2. The Morgan fingerprint density at radius 2 is 1.86 bits per heavy atom. The summed E-state index contributed by atoms with van der Waals surface area (Å²) in [5, 5.41) is 3.48. The monoisotopic (exact) mass is 358 g/mol. The normalized spacial score (nSPS) is 11.0. The summed E-state index contributed by atoms with van der Waals surface area (Å²) in [4.78, 5) is 2.43. The van der Waals surface area contributed by atoms with Crippen LogP contribution in [-0.4, -0.2) is 45.3 Å². The first-order valence-corrected chi connectivity index (χ1v) is 8.29. The Hall–Kier alpha value is -0.780. The van der Waals surface area contributed by atoms with Gasteiger partial charge in [0, 0.05) is 16.6 Å². The highest BCUT2D eigenvalue weighted by atomic mass is 79.9. The lowest BCUT2D eigenvalue weighted by molar-refractivity contribution is 0.297. The zero-order valence-corrected chi connectivity index (χ0v) is 15.1. The molecule has 1 aromatic rings. The molecule has 21 heavy (non-hydrogen) atoms. The maximum atomic E-state index is 5.48. The number of ether oxygens (including phenoxy) is 2. The van der Waals surface area contributed by atoms with Crippen LogP contribution in [0.4, 0.5) is 0 Å². The zero-order valence-electron chi connectivity index (χ0n) is 13.5. The maximum absolute atomic E-state index is 5.48. The van der Waals surface area contributed by atoms with Gasteiger partial charge in [0.1, 0.15) is 0 Å². The van der Waals surface area contributed by atoms with Crippen LogP contribution >= 0.6 is 15.9 Å². The van der Waals surface area contributed by atoms with E-state index in [2.05, 4.69) is 40.0 Å². The lowest BCUT2D eigenvalue weighted by Gasteiger charge is -2.18. The molecule has 0 spiro atoms. The smallest absolute Gasteiger partial charge is 0.166 e. The van der Waals surface area contributed by atoms with E-state index in [4.69, 9.17) is 9.47 Å². The number of benzene rings is 1. The van der Waals surface area contributed by atoms with Crippen molar-refractivity contribution in [3.8, 4) is 11.5 Å². The number of nitrogens with zero attached hydrogens (tertiary/aromatic N) is 1. The molecule has 0 amide bonds. The summed E-state index contributed by atoms with van der Waals surface area (Å²) in [6.07, 6.45) is 1.14. The fourth-order valence-electron chi connectivity index (χ4n) is 2.31. The Balaban J connectivity index is 2.51. The third kappa shape index (κ3) is 5.49. The lowest BCUT2D eigenvalue weighted by atomic mass is 10.2. The SMILES string of the molecule is CCN(CC)CCCNCc1c(Br)ccc(OC)c1OC. The molecule has 4 nitrogen and oxygen atoms in total. The first-order valence-electron chi connectivity index (χ1n) is 7.50. The summed E-state index contributed by atoms with van der Waals surface area (Å²) in [5.41, 5.74) is 1.10. The predicted octanol–water partition coefficient (Wildman–Crippen LogP) is 3.29. The van der Waals surface area contributed by atoms with Crippen molar-refractivity contribution in [1.82, 2.24) is 10.2 Å². The minimum absolute atomic E-state index is 0.763. The number of halogens is 1. The molecule has 0 fully saturated rings. The van der Waals surface area contributed by atoms with Crippen molar-refractivity contribution in [3.05, 3.63) is 22.2 Å². The molecule has 1 rings (SSSR count). The third-order valence-electron chi connectivity index (χ3n) is 3.62. The number of nitrogens with one attached hydrogen (secondary N) is 1. The Bertz CT molecular complexity index is 423. The molecule has 5 heteroatoms. The van der Waals surface area contributed by atoms with Gasteiger partial charge in [-0.3, -0.25) is 0 Å². The summed E-state index contributed by atoms with van der Waals surface area (Å²) in [6, 6.07) is 3.90. The standard InChI is InChI=1S/C16H27BrN2O2/c1-5-19(6-2)11-7-10-18-12-13-14(17)8-9-15(20-3)16(13)21-4/h8-9,18H,5-7,10-12H2,1-4H3. The van der Waals surface area contributed by atoms with Crippen molar-refractivity contribution in [3.63, 3.8) is 0 Å². The molecule has 0 aliphatic carbocycles. The fourth-order valence-corrected chi connectivity index (χ4v) is 2.76. The fraction of sp³-hybridized carbons (Fsp3) is 0.625. The summed E-state index contributed by atoms with van der Waals surface area (Å²) in [5.74, 6) is 1.56. The van der Waals surface area contributed by atoms with Crippen LogP contribution in [0.1, 0.15) is 25.8 Å². The minimum atomic E-state index is 0.763. The molecule has 0 heterocycles. The topological polar surface area (TPSA) is 33.7 Å². The molecule has 0 unspecified atom stereocenters. The van der Waals surface area contributed by atoms with E-state index in [9.17, 15) is 0 Å². The summed E-state index contributed by atoms with van der Waals surface area (Å²) in [6.45, 7) is 9.53. The van der Waals surface area contributed by atoms with Crippen LogP contribution in [0.15, 0.2) is 16.6 Å². The minimum Gasteiger partial charge on any atom is -0.493 e. The molecule has 1 aromatic carbocycles. The van der Waals surface area contributed by atoms with Gasteiger partial charge in [-0.15, -0.1) is 0 Å². The molecule has 0 bridgehead atoms. The van der Waals surface area contributed by atoms with E-state index < -0.39 is 0 Å². The first-order chi connectivity index (χ1) is 10.2. The van der Waals surface area contributed by atoms with E-state index in [1.807, 2.05) is 12.1 Å². The van der Waals surface area contributed by atoms with Gasteiger partial charge in [0.15, 0.2) is 11.5 Å². The van der Waals surface area contributed by atoms with Gasteiger partial charge in [-0.1, -0.05) is 29.8 Å². The second kappa shape index (κ2) is 10.0. The van der Waals surface area contributed by atoms with Crippen molar-refractivity contribution in [2.75, 3.05) is 40.4 Å². The largest absolute Gasteiger partial charge is 0.493 e. The number of hydrogen-bond donors (Lipinski definition) is 1. The van der Waals surface area contributed by atoms with Gasteiger partial charge in [-0.05, 0) is 44.7 Å². The van der Waals surface area contributed by atoms with E-state index in [0.717, 1.165) is 60.7 Å². The molecule has 0 aliphatic heterocycles. The average Bonchev–Trinajstić information content (AvgIpc) is 2.51. The second-order valence-corrected chi connectivity index (χ2v) is 5.67. The van der Waals surface area contributed by atoms with Crippen molar-refractivity contribution < 1.29 is 9.47 Å². The van der Waals surface area contributed by atoms with Gasteiger partial charge in [0.25, 0.3) is 0 Å². The molecule has 0 saturated heterocycles. The highest BCUT2D eigenvalue weighted by molar-refractivity contribution is 9.10. The molecule has 120 valence electrons. The molecule has 0 radical (unpaired) electrons. The Morgan fingerprint density at radius 3 is 2.43 bits per heavy atom. The molecule has 0 aromatic heterocycles. The number of hydrogen-bond acceptors (Lipinski definition) is 4. The van der Waals surface area contributed by atoms with Crippen LogP contribution < -0.4 is 14.8 Å². The first kappa shape index (κ1) is 18.3. The highest BCUT2D eigenvalue weighted by Gasteiger charge is 2.13. The molecule has 0 atom stereocenters. The second-order valence-electron chi connectivity index (χ2n) is 4.82.